The number of aryl methyl sites for hydroxylation is 1. The summed E-state index contributed by atoms with van der Waals surface area (Å²) in [6.45, 7) is 1.84. The van der Waals surface area contributed by atoms with Crippen molar-refractivity contribution < 1.29 is 4.79 Å². The van der Waals surface area contributed by atoms with Gasteiger partial charge in [0.05, 0.1) is 11.3 Å². The lowest BCUT2D eigenvalue weighted by atomic mass is 10.1. The molecule has 1 saturated carbocycles. The topological polar surface area (TPSA) is 42.9 Å². The Morgan fingerprint density at radius 1 is 1.58 bits per heavy atom. The lowest BCUT2D eigenvalue weighted by molar-refractivity contribution is 0.0966. The zero-order valence-electron chi connectivity index (χ0n) is 6.95. The van der Waals surface area contributed by atoms with E-state index in [9.17, 15) is 4.79 Å². The third-order valence-corrected chi connectivity index (χ3v) is 2.13. The van der Waals surface area contributed by atoms with Gasteiger partial charge in [0.1, 0.15) is 6.33 Å². The molecule has 1 aromatic heterocycles. The van der Waals surface area contributed by atoms with Gasteiger partial charge < -0.3 is 0 Å². The summed E-state index contributed by atoms with van der Waals surface area (Å²) in [6.07, 6.45) is 5.16. The third-order valence-electron chi connectivity index (χ3n) is 2.13. The van der Waals surface area contributed by atoms with Crippen LogP contribution in [0.5, 0.6) is 0 Å². The highest BCUT2D eigenvalue weighted by Gasteiger charge is 2.31. The van der Waals surface area contributed by atoms with Crippen LogP contribution in [0.3, 0.4) is 0 Å². The molecule has 0 bridgehead atoms. The molecule has 0 amide bonds. The molecule has 1 aliphatic carbocycles. The van der Waals surface area contributed by atoms with Crippen LogP contribution in [0.25, 0.3) is 0 Å². The van der Waals surface area contributed by atoms with Crippen molar-refractivity contribution in [3.05, 3.63) is 23.8 Å². The zero-order chi connectivity index (χ0) is 8.55. The maximum atomic E-state index is 11.5. The van der Waals surface area contributed by atoms with Gasteiger partial charge in [-0.2, -0.15) is 0 Å². The number of hydrogen-bond acceptors (Lipinski definition) is 3. The lowest BCUT2D eigenvalue weighted by Crippen LogP contribution is -2.05. The molecule has 0 spiro atoms. The van der Waals surface area contributed by atoms with E-state index in [-0.39, 0.29) is 11.7 Å². The third kappa shape index (κ3) is 1.22. The standard InChI is InChI=1S/C9H10N2O/c1-6-8(4-10-5-11-6)9(12)7-2-3-7/h4-5,7H,2-3H2,1H3. The largest absolute Gasteiger partial charge is 0.294 e. The second-order valence-corrected chi connectivity index (χ2v) is 3.16. The van der Waals surface area contributed by atoms with Gasteiger partial charge in [0.15, 0.2) is 5.78 Å². The minimum absolute atomic E-state index is 0.216. The van der Waals surface area contributed by atoms with Gasteiger partial charge in [-0.3, -0.25) is 4.79 Å². The average Bonchev–Trinajstić information content (AvgIpc) is 2.86. The Morgan fingerprint density at radius 3 is 2.92 bits per heavy atom. The number of carbonyl (C=O) groups excluding carboxylic acids is 1. The van der Waals surface area contributed by atoms with Gasteiger partial charge in [-0.1, -0.05) is 0 Å². The Bertz CT molecular complexity index is 318. The second-order valence-electron chi connectivity index (χ2n) is 3.16. The van der Waals surface area contributed by atoms with Gasteiger partial charge >= 0.3 is 0 Å². The van der Waals surface area contributed by atoms with E-state index in [0.29, 0.717) is 5.56 Å². The zero-order valence-corrected chi connectivity index (χ0v) is 6.95. The van der Waals surface area contributed by atoms with Crippen LogP contribution in [-0.4, -0.2) is 15.8 Å². The maximum absolute atomic E-state index is 11.5. The summed E-state index contributed by atoms with van der Waals surface area (Å²) in [5, 5.41) is 0. The van der Waals surface area contributed by atoms with E-state index < -0.39 is 0 Å². The molecule has 0 aliphatic heterocycles. The first-order chi connectivity index (χ1) is 5.79. The highest BCUT2D eigenvalue weighted by molar-refractivity contribution is 5.99. The molecule has 0 radical (unpaired) electrons. The number of ketones is 1. The molecular weight excluding hydrogens is 152 g/mol. The number of hydrogen-bond donors (Lipinski definition) is 0. The Kier molecular flexibility index (Phi) is 1.64. The molecule has 1 aliphatic rings. The molecule has 1 heterocycles. The summed E-state index contributed by atoms with van der Waals surface area (Å²) in [5.74, 6) is 0.475. The van der Waals surface area contributed by atoms with Crippen molar-refractivity contribution >= 4 is 5.78 Å². The number of carbonyl (C=O) groups is 1. The number of Topliss-reactive ketones (excluding diaryl/α,β-unsaturated/α-hetero) is 1. The minimum atomic E-state index is 0.216. The van der Waals surface area contributed by atoms with Crippen LogP contribution in [0.1, 0.15) is 28.9 Å². The lowest BCUT2D eigenvalue weighted by Gasteiger charge is -1.99. The Labute approximate surface area is 70.9 Å². The summed E-state index contributed by atoms with van der Waals surface area (Å²) >= 11 is 0. The second kappa shape index (κ2) is 2.66. The molecule has 12 heavy (non-hydrogen) atoms. The van der Waals surface area contributed by atoms with Gasteiger partial charge in [0.25, 0.3) is 0 Å². The Morgan fingerprint density at radius 2 is 2.33 bits per heavy atom. The molecule has 1 aromatic rings. The number of rotatable bonds is 2. The molecule has 0 unspecified atom stereocenters. The summed E-state index contributed by atoms with van der Waals surface area (Å²) < 4.78 is 0. The van der Waals surface area contributed by atoms with Crippen molar-refractivity contribution in [1.29, 1.82) is 0 Å². The summed E-state index contributed by atoms with van der Waals surface area (Å²) in [4.78, 5) is 19.4. The van der Waals surface area contributed by atoms with Crippen LogP contribution in [0.2, 0.25) is 0 Å². The van der Waals surface area contributed by atoms with E-state index in [0.717, 1.165) is 18.5 Å². The van der Waals surface area contributed by atoms with E-state index >= 15 is 0 Å². The monoisotopic (exact) mass is 162 g/mol. The van der Waals surface area contributed by atoms with Crippen molar-refractivity contribution in [2.24, 2.45) is 5.92 Å². The van der Waals surface area contributed by atoms with Crippen LogP contribution < -0.4 is 0 Å². The van der Waals surface area contributed by atoms with Crippen LogP contribution in [0.15, 0.2) is 12.5 Å². The summed E-state index contributed by atoms with van der Waals surface area (Å²) in [6, 6.07) is 0. The first-order valence-corrected chi connectivity index (χ1v) is 4.10. The molecule has 2 rings (SSSR count). The highest BCUT2D eigenvalue weighted by atomic mass is 16.1. The predicted octanol–water partition coefficient (Wildman–Crippen LogP) is 1.38. The molecule has 3 heteroatoms. The summed E-state index contributed by atoms with van der Waals surface area (Å²) in [5.41, 5.74) is 1.49. The van der Waals surface area contributed by atoms with Gasteiger partial charge in [-0.05, 0) is 19.8 Å². The van der Waals surface area contributed by atoms with E-state index in [1.165, 1.54) is 6.33 Å². The van der Waals surface area contributed by atoms with Gasteiger partial charge in [-0.15, -0.1) is 0 Å². The van der Waals surface area contributed by atoms with Crippen LogP contribution in [-0.2, 0) is 0 Å². The number of nitrogens with zero attached hydrogens (tertiary/aromatic N) is 2. The fraction of sp³-hybridized carbons (Fsp3) is 0.444. The molecular formula is C9H10N2O. The Hall–Kier alpha value is -1.25. The quantitative estimate of drug-likeness (QED) is 0.617. The average molecular weight is 162 g/mol. The van der Waals surface area contributed by atoms with Crippen molar-refractivity contribution in [1.82, 2.24) is 9.97 Å². The SMILES string of the molecule is Cc1ncncc1C(=O)C1CC1. The van der Waals surface area contributed by atoms with Gasteiger partial charge in [0, 0.05) is 12.1 Å². The Balaban J connectivity index is 2.32. The molecule has 0 saturated heterocycles. The van der Waals surface area contributed by atoms with Crippen LogP contribution in [0.4, 0.5) is 0 Å². The summed E-state index contributed by atoms with van der Waals surface area (Å²) in [7, 11) is 0. The number of aromatic nitrogens is 2. The molecule has 3 nitrogen and oxygen atoms in total. The van der Waals surface area contributed by atoms with E-state index in [1.807, 2.05) is 6.92 Å². The van der Waals surface area contributed by atoms with Crippen LogP contribution in [0, 0.1) is 12.8 Å². The molecule has 0 aromatic carbocycles. The van der Waals surface area contributed by atoms with Crippen molar-refractivity contribution in [3.63, 3.8) is 0 Å². The van der Waals surface area contributed by atoms with Crippen LogP contribution >= 0.6 is 0 Å². The highest BCUT2D eigenvalue weighted by Crippen LogP contribution is 2.32. The fourth-order valence-corrected chi connectivity index (χ4v) is 1.20. The van der Waals surface area contributed by atoms with Gasteiger partial charge in [0.2, 0.25) is 0 Å². The molecule has 0 N–H and O–H groups in total. The first kappa shape index (κ1) is 7.40. The van der Waals surface area contributed by atoms with Gasteiger partial charge in [-0.25, -0.2) is 9.97 Å². The predicted molar refractivity (Wildman–Crippen MR) is 43.8 cm³/mol. The van der Waals surface area contributed by atoms with E-state index in [4.69, 9.17) is 0 Å². The van der Waals surface area contributed by atoms with E-state index in [1.54, 1.807) is 6.20 Å². The molecule has 0 atom stereocenters. The smallest absolute Gasteiger partial charge is 0.169 e. The molecule has 62 valence electrons. The maximum Gasteiger partial charge on any atom is 0.169 e. The molecule has 1 fully saturated rings. The van der Waals surface area contributed by atoms with E-state index in [2.05, 4.69) is 9.97 Å². The normalized spacial score (nSPS) is 16.1. The van der Waals surface area contributed by atoms with Crippen molar-refractivity contribution in [2.75, 3.05) is 0 Å². The van der Waals surface area contributed by atoms with Crippen molar-refractivity contribution in [3.8, 4) is 0 Å². The fourth-order valence-electron chi connectivity index (χ4n) is 1.20. The first-order valence-electron chi connectivity index (χ1n) is 4.10. The minimum Gasteiger partial charge on any atom is -0.294 e. The van der Waals surface area contributed by atoms with Crippen molar-refractivity contribution in [2.45, 2.75) is 19.8 Å².